The molecule has 0 aliphatic heterocycles. The summed E-state index contributed by atoms with van der Waals surface area (Å²) in [6.07, 6.45) is 5.52. The van der Waals surface area contributed by atoms with E-state index in [1.165, 1.54) is 36.0 Å². The summed E-state index contributed by atoms with van der Waals surface area (Å²) in [4.78, 5) is 4.43. The molecular formula is C19H17NO. The lowest BCUT2D eigenvalue weighted by molar-refractivity contribution is 0.305. The van der Waals surface area contributed by atoms with Crippen molar-refractivity contribution in [3.8, 4) is 5.75 Å². The summed E-state index contributed by atoms with van der Waals surface area (Å²) in [5.41, 5.74) is 5.24. The van der Waals surface area contributed by atoms with Crippen molar-refractivity contribution in [3.63, 3.8) is 0 Å². The standard InChI is InChI=1S/C19H17NO/c1-2-7-19-17(4-1)11-18(12-20-19)21-13-14-8-9-15-5-3-6-16(15)10-14/h1-2,4,7-12H,3,5-6,13H2. The third-order valence-electron chi connectivity index (χ3n) is 4.13. The average Bonchev–Trinajstić information content (AvgIpc) is 3.00. The topological polar surface area (TPSA) is 22.1 Å². The first kappa shape index (κ1) is 12.4. The third-order valence-corrected chi connectivity index (χ3v) is 4.13. The van der Waals surface area contributed by atoms with Gasteiger partial charge in [-0.15, -0.1) is 0 Å². The van der Waals surface area contributed by atoms with Crippen LogP contribution in [0.2, 0.25) is 0 Å². The summed E-state index contributed by atoms with van der Waals surface area (Å²) in [5.74, 6) is 0.828. The van der Waals surface area contributed by atoms with Crippen molar-refractivity contribution in [2.45, 2.75) is 25.9 Å². The second kappa shape index (κ2) is 5.21. The van der Waals surface area contributed by atoms with E-state index in [2.05, 4.69) is 35.3 Å². The Morgan fingerprint density at radius 3 is 2.86 bits per heavy atom. The number of hydrogen-bond donors (Lipinski definition) is 0. The quantitative estimate of drug-likeness (QED) is 0.711. The second-order valence-corrected chi connectivity index (χ2v) is 5.61. The van der Waals surface area contributed by atoms with Crippen molar-refractivity contribution >= 4 is 10.9 Å². The Bertz CT molecular complexity index is 794. The van der Waals surface area contributed by atoms with E-state index in [0.717, 1.165) is 16.7 Å². The maximum atomic E-state index is 5.90. The number of aryl methyl sites for hydroxylation is 2. The number of rotatable bonds is 3. The molecule has 0 unspecified atom stereocenters. The van der Waals surface area contributed by atoms with Crippen LogP contribution in [0.1, 0.15) is 23.1 Å². The fraction of sp³-hybridized carbons (Fsp3) is 0.211. The molecule has 2 nitrogen and oxygen atoms in total. The van der Waals surface area contributed by atoms with Crippen LogP contribution in [0.5, 0.6) is 5.75 Å². The van der Waals surface area contributed by atoms with Gasteiger partial charge in [0, 0.05) is 5.39 Å². The number of ether oxygens (including phenoxy) is 1. The minimum atomic E-state index is 0.604. The molecule has 2 heteroatoms. The summed E-state index contributed by atoms with van der Waals surface area (Å²) in [6.45, 7) is 0.604. The van der Waals surface area contributed by atoms with Crippen molar-refractivity contribution in [3.05, 3.63) is 71.4 Å². The van der Waals surface area contributed by atoms with Gasteiger partial charge < -0.3 is 4.74 Å². The molecule has 104 valence electrons. The van der Waals surface area contributed by atoms with Crippen LogP contribution in [0.4, 0.5) is 0 Å². The van der Waals surface area contributed by atoms with Crippen LogP contribution in [0, 0.1) is 0 Å². The van der Waals surface area contributed by atoms with E-state index in [9.17, 15) is 0 Å². The van der Waals surface area contributed by atoms with Crippen molar-refractivity contribution in [2.75, 3.05) is 0 Å². The first-order valence-electron chi connectivity index (χ1n) is 7.47. The zero-order valence-corrected chi connectivity index (χ0v) is 11.9. The molecular weight excluding hydrogens is 258 g/mol. The predicted octanol–water partition coefficient (Wildman–Crippen LogP) is 4.30. The van der Waals surface area contributed by atoms with E-state index < -0.39 is 0 Å². The minimum Gasteiger partial charge on any atom is -0.487 e. The van der Waals surface area contributed by atoms with Crippen LogP contribution >= 0.6 is 0 Å². The monoisotopic (exact) mass is 275 g/mol. The SMILES string of the molecule is c1ccc2ncc(OCc3ccc4c(c3)CCC4)cc2c1. The fourth-order valence-corrected chi connectivity index (χ4v) is 3.01. The Hall–Kier alpha value is -2.35. The zero-order valence-electron chi connectivity index (χ0n) is 11.9. The molecule has 0 radical (unpaired) electrons. The summed E-state index contributed by atoms with van der Waals surface area (Å²) in [7, 11) is 0. The second-order valence-electron chi connectivity index (χ2n) is 5.61. The summed E-state index contributed by atoms with van der Waals surface area (Å²) >= 11 is 0. The molecule has 0 N–H and O–H groups in total. The lowest BCUT2D eigenvalue weighted by Crippen LogP contribution is -1.97. The van der Waals surface area contributed by atoms with Gasteiger partial charge in [-0.05, 0) is 48.1 Å². The largest absolute Gasteiger partial charge is 0.487 e. The molecule has 1 heterocycles. The average molecular weight is 275 g/mol. The van der Waals surface area contributed by atoms with Gasteiger partial charge in [-0.1, -0.05) is 36.4 Å². The maximum absolute atomic E-state index is 5.90. The normalized spacial score (nSPS) is 13.3. The van der Waals surface area contributed by atoms with Gasteiger partial charge in [0.25, 0.3) is 0 Å². The van der Waals surface area contributed by atoms with Gasteiger partial charge in [0.05, 0.1) is 11.7 Å². The van der Waals surface area contributed by atoms with Crippen LogP contribution in [0.3, 0.4) is 0 Å². The van der Waals surface area contributed by atoms with Gasteiger partial charge in [-0.2, -0.15) is 0 Å². The first-order valence-corrected chi connectivity index (χ1v) is 7.47. The Morgan fingerprint density at radius 2 is 1.86 bits per heavy atom. The molecule has 4 rings (SSSR count). The molecule has 0 fully saturated rings. The number of hydrogen-bond acceptors (Lipinski definition) is 2. The van der Waals surface area contributed by atoms with Gasteiger partial charge in [0.2, 0.25) is 0 Å². The highest BCUT2D eigenvalue weighted by molar-refractivity contribution is 5.79. The molecule has 0 saturated carbocycles. The molecule has 0 bridgehead atoms. The maximum Gasteiger partial charge on any atom is 0.138 e. The highest BCUT2D eigenvalue weighted by atomic mass is 16.5. The highest BCUT2D eigenvalue weighted by Crippen LogP contribution is 2.24. The van der Waals surface area contributed by atoms with E-state index in [1.807, 2.05) is 18.2 Å². The lowest BCUT2D eigenvalue weighted by atomic mass is 10.1. The number of benzene rings is 2. The predicted molar refractivity (Wildman–Crippen MR) is 84.5 cm³/mol. The summed E-state index contributed by atoms with van der Waals surface area (Å²) in [5, 5.41) is 1.11. The van der Waals surface area contributed by atoms with E-state index in [-0.39, 0.29) is 0 Å². The van der Waals surface area contributed by atoms with Gasteiger partial charge in [0.15, 0.2) is 0 Å². The van der Waals surface area contributed by atoms with Crippen LogP contribution in [-0.4, -0.2) is 4.98 Å². The van der Waals surface area contributed by atoms with E-state index in [4.69, 9.17) is 4.74 Å². The van der Waals surface area contributed by atoms with Crippen molar-refractivity contribution < 1.29 is 4.74 Å². The Balaban J connectivity index is 1.52. The van der Waals surface area contributed by atoms with Gasteiger partial charge >= 0.3 is 0 Å². The molecule has 0 saturated heterocycles. The molecule has 3 aromatic rings. The van der Waals surface area contributed by atoms with Crippen LogP contribution in [0.25, 0.3) is 10.9 Å². The third kappa shape index (κ3) is 2.49. The van der Waals surface area contributed by atoms with Gasteiger partial charge in [-0.25, -0.2) is 0 Å². The highest BCUT2D eigenvalue weighted by Gasteiger charge is 2.10. The molecule has 0 spiro atoms. The molecule has 1 aliphatic carbocycles. The Labute approximate surface area is 124 Å². The van der Waals surface area contributed by atoms with Crippen LogP contribution in [-0.2, 0) is 19.4 Å². The molecule has 1 aliphatic rings. The van der Waals surface area contributed by atoms with E-state index in [1.54, 1.807) is 6.20 Å². The minimum absolute atomic E-state index is 0.604. The van der Waals surface area contributed by atoms with Crippen molar-refractivity contribution in [1.82, 2.24) is 4.98 Å². The van der Waals surface area contributed by atoms with Crippen LogP contribution in [0.15, 0.2) is 54.7 Å². The zero-order chi connectivity index (χ0) is 14.1. The molecule has 2 aromatic carbocycles. The molecule has 1 aromatic heterocycles. The Morgan fingerprint density at radius 1 is 0.952 bits per heavy atom. The number of aromatic nitrogens is 1. The van der Waals surface area contributed by atoms with Crippen molar-refractivity contribution in [1.29, 1.82) is 0 Å². The number of fused-ring (bicyclic) bond motifs is 2. The number of nitrogens with zero attached hydrogens (tertiary/aromatic N) is 1. The van der Waals surface area contributed by atoms with E-state index >= 15 is 0 Å². The first-order chi connectivity index (χ1) is 10.4. The summed E-state index contributed by atoms with van der Waals surface area (Å²) < 4.78 is 5.90. The van der Waals surface area contributed by atoms with Crippen LogP contribution < -0.4 is 4.74 Å². The smallest absolute Gasteiger partial charge is 0.138 e. The summed E-state index contributed by atoms with van der Waals surface area (Å²) in [6, 6.07) is 16.9. The van der Waals surface area contributed by atoms with Crippen molar-refractivity contribution in [2.24, 2.45) is 0 Å². The fourth-order valence-electron chi connectivity index (χ4n) is 3.01. The molecule has 0 amide bonds. The van der Waals surface area contributed by atoms with E-state index in [0.29, 0.717) is 6.61 Å². The Kier molecular flexibility index (Phi) is 3.07. The van der Waals surface area contributed by atoms with Gasteiger partial charge in [-0.3, -0.25) is 4.98 Å². The molecule has 21 heavy (non-hydrogen) atoms. The molecule has 0 atom stereocenters. The number of para-hydroxylation sites is 1. The lowest BCUT2D eigenvalue weighted by Gasteiger charge is -2.08. The van der Waals surface area contributed by atoms with Gasteiger partial charge in [0.1, 0.15) is 12.4 Å². The number of pyridine rings is 1.